The van der Waals surface area contributed by atoms with Gasteiger partial charge < -0.3 is 10.6 Å². The lowest BCUT2D eigenvalue weighted by Gasteiger charge is -2.26. The Bertz CT molecular complexity index is 520. The number of nitrogens with zero attached hydrogens (tertiary/aromatic N) is 2. The Balaban J connectivity index is 2.13. The Hall–Kier alpha value is -1.33. The highest BCUT2D eigenvalue weighted by Crippen LogP contribution is 2.36. The first-order valence-corrected chi connectivity index (χ1v) is 7.48. The van der Waals surface area contributed by atoms with Gasteiger partial charge in [-0.2, -0.15) is 0 Å². The fourth-order valence-electron chi connectivity index (χ4n) is 2.97. The Morgan fingerprint density at radius 3 is 2.90 bits per heavy atom. The minimum absolute atomic E-state index is 0.171. The normalized spacial score (nSPS) is 23.4. The van der Waals surface area contributed by atoms with E-state index in [0.717, 1.165) is 31.0 Å². The topological polar surface area (TPSA) is 39.7 Å². The molecule has 0 aliphatic carbocycles. The van der Waals surface area contributed by atoms with Gasteiger partial charge in [0, 0.05) is 26.7 Å². The summed E-state index contributed by atoms with van der Waals surface area (Å²) in [6.45, 7) is 1.80. The van der Waals surface area contributed by atoms with Crippen LogP contribution < -0.4 is 10.6 Å². The van der Waals surface area contributed by atoms with Crippen molar-refractivity contribution in [2.24, 2.45) is 10.9 Å². The van der Waals surface area contributed by atoms with Crippen molar-refractivity contribution >= 4 is 17.6 Å². The van der Waals surface area contributed by atoms with Crippen LogP contribution in [0.15, 0.2) is 23.2 Å². The predicted octanol–water partition coefficient (Wildman–Crippen LogP) is 2.27. The fraction of sp³-hybridized carbons (Fsp3) is 0.533. The van der Waals surface area contributed by atoms with E-state index >= 15 is 0 Å². The van der Waals surface area contributed by atoms with E-state index in [4.69, 9.17) is 11.6 Å². The summed E-state index contributed by atoms with van der Waals surface area (Å²) in [5.41, 5.74) is 0.975. The highest BCUT2D eigenvalue weighted by Gasteiger charge is 2.33. The third-order valence-electron chi connectivity index (χ3n) is 4.05. The molecule has 2 N–H and O–H groups in total. The summed E-state index contributed by atoms with van der Waals surface area (Å²) in [6.07, 6.45) is 1.07. The van der Waals surface area contributed by atoms with Gasteiger partial charge in [0.2, 0.25) is 0 Å². The highest BCUT2D eigenvalue weighted by atomic mass is 35.5. The molecule has 0 aromatic heterocycles. The van der Waals surface area contributed by atoms with Crippen molar-refractivity contribution in [1.29, 1.82) is 0 Å². The number of rotatable bonds is 3. The second-order valence-corrected chi connectivity index (χ2v) is 5.76. The zero-order chi connectivity index (χ0) is 15.4. The van der Waals surface area contributed by atoms with Crippen LogP contribution in [0.4, 0.5) is 4.39 Å². The SMILES string of the molecule is CN=C(NC)NCC1CCN(C)C1c1ccc(Cl)c(F)c1. The van der Waals surface area contributed by atoms with Crippen molar-refractivity contribution in [3.63, 3.8) is 0 Å². The number of nitrogens with one attached hydrogen (secondary N) is 2. The highest BCUT2D eigenvalue weighted by molar-refractivity contribution is 6.30. The summed E-state index contributed by atoms with van der Waals surface area (Å²) in [7, 11) is 5.65. The number of hydrogen-bond acceptors (Lipinski definition) is 2. The molecule has 1 aliphatic rings. The minimum Gasteiger partial charge on any atom is -0.359 e. The molecule has 1 heterocycles. The minimum atomic E-state index is -0.354. The van der Waals surface area contributed by atoms with E-state index in [1.54, 1.807) is 19.2 Å². The molecule has 4 nitrogen and oxygen atoms in total. The van der Waals surface area contributed by atoms with Gasteiger partial charge in [0.05, 0.1) is 5.02 Å². The maximum absolute atomic E-state index is 13.7. The molecule has 1 fully saturated rings. The molecule has 2 rings (SSSR count). The average molecular weight is 313 g/mol. The van der Waals surface area contributed by atoms with Crippen molar-refractivity contribution in [2.45, 2.75) is 12.5 Å². The lowest BCUT2D eigenvalue weighted by Crippen LogP contribution is -2.38. The first-order chi connectivity index (χ1) is 10.1. The van der Waals surface area contributed by atoms with Crippen LogP contribution in [0.3, 0.4) is 0 Å². The van der Waals surface area contributed by atoms with Gasteiger partial charge in [-0.1, -0.05) is 17.7 Å². The van der Waals surface area contributed by atoms with E-state index in [9.17, 15) is 4.39 Å². The Labute approximate surface area is 130 Å². The first-order valence-electron chi connectivity index (χ1n) is 7.10. The molecule has 1 aliphatic heterocycles. The average Bonchev–Trinajstić information content (AvgIpc) is 2.84. The molecule has 1 aromatic rings. The zero-order valence-corrected chi connectivity index (χ0v) is 13.4. The number of hydrogen-bond donors (Lipinski definition) is 2. The van der Waals surface area contributed by atoms with Crippen LogP contribution in [-0.4, -0.2) is 45.1 Å². The molecular weight excluding hydrogens is 291 g/mol. The van der Waals surface area contributed by atoms with E-state index in [2.05, 4.69) is 27.6 Å². The molecule has 2 unspecified atom stereocenters. The Morgan fingerprint density at radius 2 is 2.29 bits per heavy atom. The lowest BCUT2D eigenvalue weighted by molar-refractivity contribution is 0.275. The largest absolute Gasteiger partial charge is 0.359 e. The number of aliphatic imine (C=N–C) groups is 1. The van der Waals surface area contributed by atoms with Gasteiger partial charge in [-0.15, -0.1) is 0 Å². The molecule has 21 heavy (non-hydrogen) atoms. The summed E-state index contributed by atoms with van der Waals surface area (Å²) in [4.78, 5) is 6.37. The molecule has 6 heteroatoms. The molecule has 0 amide bonds. The molecule has 0 saturated carbocycles. The van der Waals surface area contributed by atoms with Crippen LogP contribution in [0.1, 0.15) is 18.0 Å². The molecule has 116 valence electrons. The molecule has 0 bridgehead atoms. The van der Waals surface area contributed by atoms with E-state index in [0.29, 0.717) is 5.92 Å². The number of guanidine groups is 1. The Morgan fingerprint density at radius 1 is 1.52 bits per heavy atom. The molecule has 1 aromatic carbocycles. The van der Waals surface area contributed by atoms with Gasteiger partial charge in [0.15, 0.2) is 5.96 Å². The van der Waals surface area contributed by atoms with E-state index in [-0.39, 0.29) is 16.9 Å². The lowest BCUT2D eigenvalue weighted by atomic mass is 9.93. The van der Waals surface area contributed by atoms with Crippen LogP contribution in [-0.2, 0) is 0 Å². The maximum atomic E-state index is 13.7. The summed E-state index contributed by atoms with van der Waals surface area (Å²) in [5, 5.41) is 6.48. The van der Waals surface area contributed by atoms with E-state index < -0.39 is 0 Å². The van der Waals surface area contributed by atoms with Crippen molar-refractivity contribution in [1.82, 2.24) is 15.5 Å². The molecular formula is C15H22ClFN4. The van der Waals surface area contributed by atoms with Gasteiger partial charge in [0.1, 0.15) is 5.82 Å². The predicted molar refractivity (Wildman–Crippen MR) is 85.3 cm³/mol. The summed E-state index contributed by atoms with van der Waals surface area (Å²) >= 11 is 5.78. The molecule has 2 atom stereocenters. The van der Waals surface area contributed by atoms with E-state index in [1.807, 2.05) is 13.1 Å². The van der Waals surface area contributed by atoms with Crippen molar-refractivity contribution in [2.75, 3.05) is 34.2 Å². The van der Waals surface area contributed by atoms with Crippen molar-refractivity contribution < 1.29 is 4.39 Å². The monoisotopic (exact) mass is 312 g/mol. The summed E-state index contributed by atoms with van der Waals surface area (Å²) in [5.74, 6) is 0.818. The van der Waals surface area contributed by atoms with Crippen LogP contribution in [0.2, 0.25) is 5.02 Å². The number of benzene rings is 1. The molecule has 0 spiro atoms. The maximum Gasteiger partial charge on any atom is 0.190 e. The second kappa shape index (κ2) is 7.09. The first kappa shape index (κ1) is 16.0. The Kier molecular flexibility index (Phi) is 5.42. The quantitative estimate of drug-likeness (QED) is 0.664. The molecule has 1 saturated heterocycles. The third kappa shape index (κ3) is 3.66. The van der Waals surface area contributed by atoms with Gasteiger partial charge in [0.25, 0.3) is 0 Å². The number of likely N-dealkylation sites (tertiary alicyclic amines) is 1. The zero-order valence-electron chi connectivity index (χ0n) is 12.7. The van der Waals surface area contributed by atoms with Crippen LogP contribution >= 0.6 is 11.6 Å². The molecule has 0 radical (unpaired) electrons. The standard InChI is InChI=1S/C15H22ClFN4/c1-18-15(19-2)20-9-11-6-7-21(3)14(11)10-4-5-12(16)13(17)8-10/h4-5,8,11,14H,6-7,9H2,1-3H3,(H2,18,19,20). The van der Waals surface area contributed by atoms with Crippen LogP contribution in [0.25, 0.3) is 0 Å². The fourth-order valence-corrected chi connectivity index (χ4v) is 3.09. The van der Waals surface area contributed by atoms with Crippen LogP contribution in [0, 0.1) is 11.7 Å². The summed E-state index contributed by atoms with van der Waals surface area (Å²) < 4.78 is 13.7. The van der Waals surface area contributed by atoms with Gasteiger partial charge >= 0.3 is 0 Å². The van der Waals surface area contributed by atoms with Crippen molar-refractivity contribution in [3.05, 3.63) is 34.6 Å². The summed E-state index contributed by atoms with van der Waals surface area (Å²) in [6, 6.07) is 5.29. The number of halogens is 2. The smallest absolute Gasteiger partial charge is 0.190 e. The third-order valence-corrected chi connectivity index (χ3v) is 4.36. The van der Waals surface area contributed by atoms with Gasteiger partial charge in [-0.25, -0.2) is 4.39 Å². The second-order valence-electron chi connectivity index (χ2n) is 5.35. The van der Waals surface area contributed by atoms with Crippen molar-refractivity contribution in [3.8, 4) is 0 Å². The van der Waals surface area contributed by atoms with E-state index in [1.165, 1.54) is 0 Å². The van der Waals surface area contributed by atoms with Gasteiger partial charge in [-0.05, 0) is 43.6 Å². The van der Waals surface area contributed by atoms with Crippen LogP contribution in [0.5, 0.6) is 0 Å². The van der Waals surface area contributed by atoms with Gasteiger partial charge in [-0.3, -0.25) is 9.89 Å².